The Balaban J connectivity index is 1.65. The molecule has 1 N–H and O–H groups in total. The van der Waals surface area contributed by atoms with Crippen molar-refractivity contribution >= 4 is 28.9 Å². The molecule has 29 heavy (non-hydrogen) atoms. The van der Waals surface area contributed by atoms with Gasteiger partial charge in [0.1, 0.15) is 12.2 Å². The highest BCUT2D eigenvalue weighted by atomic mass is 16.5. The van der Waals surface area contributed by atoms with Gasteiger partial charge in [-0.25, -0.2) is 9.78 Å². The highest BCUT2D eigenvalue weighted by Gasteiger charge is 2.18. The van der Waals surface area contributed by atoms with E-state index in [0.717, 1.165) is 4.57 Å². The lowest BCUT2D eigenvalue weighted by Crippen LogP contribution is -2.38. The van der Waals surface area contributed by atoms with E-state index in [1.54, 1.807) is 19.3 Å². The molecule has 0 unspecified atom stereocenters. The van der Waals surface area contributed by atoms with Gasteiger partial charge in [-0.2, -0.15) is 0 Å². The number of rotatable bonds is 5. The van der Waals surface area contributed by atoms with E-state index in [1.807, 2.05) is 0 Å². The van der Waals surface area contributed by atoms with Crippen molar-refractivity contribution in [3.05, 3.63) is 51.2 Å². The summed E-state index contributed by atoms with van der Waals surface area (Å²) in [5.74, 6) is -2.23. The highest BCUT2D eigenvalue weighted by Crippen LogP contribution is 2.05. The zero-order valence-corrected chi connectivity index (χ0v) is 15.9. The molecule has 3 aromatic heterocycles. The first kappa shape index (κ1) is 19.8. The van der Waals surface area contributed by atoms with Crippen LogP contribution in [0, 0.1) is 0 Å². The smallest absolute Gasteiger partial charge is 0.332 e. The summed E-state index contributed by atoms with van der Waals surface area (Å²) in [5.41, 5.74) is -0.711. The maximum Gasteiger partial charge on any atom is 0.332 e. The predicted octanol–water partition coefficient (Wildman–Crippen LogP) is -1.73. The first-order valence-electron chi connectivity index (χ1n) is 8.42. The van der Waals surface area contributed by atoms with Crippen LogP contribution in [0.1, 0.15) is 10.5 Å². The van der Waals surface area contributed by atoms with Gasteiger partial charge in [0, 0.05) is 27.3 Å². The van der Waals surface area contributed by atoms with E-state index in [0.29, 0.717) is 0 Å². The zero-order chi connectivity index (χ0) is 21.3. The number of hydrogen-bond donors (Lipinski definition) is 1. The van der Waals surface area contributed by atoms with Crippen LogP contribution in [0.5, 0.6) is 0 Å². The van der Waals surface area contributed by atoms with Gasteiger partial charge in [0.2, 0.25) is 0 Å². The topological polar surface area (TPSA) is 139 Å². The molecule has 0 aliphatic rings. The number of carbonyl (C=O) groups is 3. The number of nitrogens with zero attached hydrogens (tertiary/aromatic N) is 5. The first-order chi connectivity index (χ1) is 13.7. The molecule has 152 valence electrons. The maximum atomic E-state index is 12.3. The lowest BCUT2D eigenvalue weighted by Gasteiger charge is -2.08. The Bertz CT molecular complexity index is 1240. The summed E-state index contributed by atoms with van der Waals surface area (Å²) in [4.78, 5) is 64.1. The number of ether oxygens (including phenoxy) is 1. The lowest BCUT2D eigenvalue weighted by atomic mass is 10.4. The van der Waals surface area contributed by atoms with E-state index >= 15 is 0 Å². The number of fused-ring (bicyclic) bond motifs is 1. The van der Waals surface area contributed by atoms with Gasteiger partial charge in [-0.05, 0) is 12.1 Å². The lowest BCUT2D eigenvalue weighted by molar-refractivity contribution is -0.148. The van der Waals surface area contributed by atoms with Gasteiger partial charge in [0.25, 0.3) is 17.4 Å². The highest BCUT2D eigenvalue weighted by molar-refractivity contribution is 6.04. The van der Waals surface area contributed by atoms with Gasteiger partial charge in [0.15, 0.2) is 17.8 Å². The van der Waals surface area contributed by atoms with Crippen LogP contribution in [0.3, 0.4) is 0 Å². The Hall–Kier alpha value is -3.96. The van der Waals surface area contributed by atoms with Crippen LogP contribution in [-0.4, -0.2) is 47.6 Å². The molecule has 3 aromatic rings. The Labute approximate surface area is 162 Å². The monoisotopic (exact) mass is 402 g/mol. The molecule has 0 radical (unpaired) electrons. The van der Waals surface area contributed by atoms with Crippen molar-refractivity contribution < 1.29 is 19.1 Å². The molecule has 12 heteroatoms. The van der Waals surface area contributed by atoms with E-state index in [9.17, 15) is 24.0 Å². The summed E-state index contributed by atoms with van der Waals surface area (Å²) in [5, 5.41) is 2.11. The second-order valence-corrected chi connectivity index (χ2v) is 6.29. The van der Waals surface area contributed by atoms with Crippen LogP contribution in [-0.2, 0) is 42.0 Å². The molecule has 12 nitrogen and oxygen atoms in total. The molecule has 3 rings (SSSR count). The van der Waals surface area contributed by atoms with Crippen molar-refractivity contribution in [1.82, 2.24) is 28.6 Å². The fraction of sp³-hybridized carbons (Fsp3) is 0.294. The fourth-order valence-electron chi connectivity index (χ4n) is 2.77. The van der Waals surface area contributed by atoms with Crippen molar-refractivity contribution in [2.75, 3.05) is 6.61 Å². The van der Waals surface area contributed by atoms with Gasteiger partial charge in [0.05, 0.1) is 6.33 Å². The van der Waals surface area contributed by atoms with Crippen LogP contribution >= 0.6 is 0 Å². The van der Waals surface area contributed by atoms with E-state index < -0.39 is 42.2 Å². The molecular weight excluding hydrogens is 384 g/mol. The van der Waals surface area contributed by atoms with Crippen LogP contribution in [0.15, 0.2) is 34.2 Å². The minimum absolute atomic E-state index is 0.0508. The third kappa shape index (κ3) is 3.72. The average Bonchev–Trinajstić information content (AvgIpc) is 3.29. The maximum absolute atomic E-state index is 12.3. The molecule has 0 fully saturated rings. The summed E-state index contributed by atoms with van der Waals surface area (Å²) in [6.07, 6.45) is 2.88. The number of imidazole rings is 1. The normalized spacial score (nSPS) is 10.9. The predicted molar refractivity (Wildman–Crippen MR) is 99.1 cm³/mol. The minimum Gasteiger partial charge on any atom is -0.454 e. The molecule has 0 aliphatic heterocycles. The van der Waals surface area contributed by atoms with Gasteiger partial charge < -0.3 is 13.9 Å². The molecule has 0 aliphatic carbocycles. The Morgan fingerprint density at radius 2 is 1.86 bits per heavy atom. The van der Waals surface area contributed by atoms with Crippen molar-refractivity contribution in [2.45, 2.75) is 6.54 Å². The van der Waals surface area contributed by atoms with Crippen molar-refractivity contribution in [3.63, 3.8) is 0 Å². The minimum atomic E-state index is -0.818. The van der Waals surface area contributed by atoms with E-state index in [-0.39, 0.29) is 16.9 Å². The van der Waals surface area contributed by atoms with Crippen LogP contribution < -0.4 is 16.6 Å². The van der Waals surface area contributed by atoms with Gasteiger partial charge in [-0.3, -0.25) is 33.6 Å². The van der Waals surface area contributed by atoms with Crippen LogP contribution in [0.4, 0.5) is 0 Å². The van der Waals surface area contributed by atoms with Crippen LogP contribution in [0.25, 0.3) is 11.2 Å². The van der Waals surface area contributed by atoms with Crippen molar-refractivity contribution in [2.24, 2.45) is 21.1 Å². The van der Waals surface area contributed by atoms with E-state index in [4.69, 9.17) is 4.74 Å². The Kier molecular flexibility index (Phi) is 5.17. The standard InChI is InChI=1S/C17H18N6O6/c1-20-6-4-5-10(20)15(26)19-11(24)8-29-12(25)7-23-9-18-14-13(23)16(27)22(3)17(28)21(14)2/h4-6,9H,7-8H2,1-3H3,(H,19,24,26). The zero-order valence-electron chi connectivity index (χ0n) is 15.9. The number of aromatic nitrogens is 5. The van der Waals surface area contributed by atoms with E-state index in [2.05, 4.69) is 10.3 Å². The Morgan fingerprint density at radius 1 is 1.14 bits per heavy atom. The summed E-state index contributed by atoms with van der Waals surface area (Å²) >= 11 is 0. The number of amides is 2. The van der Waals surface area contributed by atoms with Crippen molar-refractivity contribution in [1.29, 1.82) is 0 Å². The number of carbonyl (C=O) groups excluding carboxylic acids is 3. The number of aryl methyl sites for hydroxylation is 2. The third-order valence-corrected chi connectivity index (χ3v) is 4.31. The summed E-state index contributed by atoms with van der Waals surface area (Å²) in [6, 6.07) is 3.18. The first-order valence-corrected chi connectivity index (χ1v) is 8.42. The van der Waals surface area contributed by atoms with Crippen molar-refractivity contribution in [3.8, 4) is 0 Å². The van der Waals surface area contributed by atoms with Crippen LogP contribution in [0.2, 0.25) is 0 Å². The summed E-state index contributed by atoms with van der Waals surface area (Å²) in [6.45, 7) is -1.07. The average molecular weight is 402 g/mol. The summed E-state index contributed by atoms with van der Waals surface area (Å²) < 4.78 is 9.70. The largest absolute Gasteiger partial charge is 0.454 e. The second kappa shape index (κ2) is 7.58. The Morgan fingerprint density at radius 3 is 2.52 bits per heavy atom. The molecule has 2 amide bonds. The molecule has 0 saturated heterocycles. The van der Waals surface area contributed by atoms with Gasteiger partial charge in [-0.1, -0.05) is 0 Å². The molecular formula is C17H18N6O6. The molecule has 0 atom stereocenters. The number of hydrogen-bond acceptors (Lipinski definition) is 7. The molecule has 0 saturated carbocycles. The van der Waals surface area contributed by atoms with E-state index in [1.165, 1.54) is 40.2 Å². The number of esters is 1. The van der Waals surface area contributed by atoms with Gasteiger partial charge >= 0.3 is 11.7 Å². The van der Waals surface area contributed by atoms with Gasteiger partial charge in [-0.15, -0.1) is 0 Å². The second-order valence-electron chi connectivity index (χ2n) is 6.29. The molecule has 0 bridgehead atoms. The molecule has 0 spiro atoms. The molecule has 3 heterocycles. The quantitative estimate of drug-likeness (QED) is 0.500. The molecule has 0 aromatic carbocycles. The third-order valence-electron chi connectivity index (χ3n) is 4.31. The summed E-state index contributed by atoms with van der Waals surface area (Å²) in [7, 11) is 4.41. The fourth-order valence-corrected chi connectivity index (χ4v) is 2.77. The number of nitrogens with one attached hydrogen (secondary N) is 1. The number of imide groups is 1. The SMILES string of the molecule is Cn1cccc1C(=O)NC(=O)COC(=O)Cn1cnc2c1c(=O)n(C)c(=O)n2C.